The van der Waals surface area contributed by atoms with Gasteiger partial charge in [0.1, 0.15) is 18.1 Å². The summed E-state index contributed by atoms with van der Waals surface area (Å²) >= 11 is 0. The lowest BCUT2D eigenvalue weighted by atomic mass is 9.94. The number of carbonyl (C=O) groups is 2. The first-order valence-corrected chi connectivity index (χ1v) is 13.1. The molecule has 1 amide bonds. The van der Waals surface area contributed by atoms with Gasteiger partial charge < -0.3 is 19.6 Å². The van der Waals surface area contributed by atoms with E-state index in [4.69, 9.17) is 4.74 Å². The number of carbonyl (C=O) groups excluding carboxylic acids is 2. The third-order valence-electron chi connectivity index (χ3n) is 6.86. The molecule has 1 heterocycles. The zero-order valence-corrected chi connectivity index (χ0v) is 22.6. The summed E-state index contributed by atoms with van der Waals surface area (Å²) in [6.45, 7) is 5.76. The van der Waals surface area contributed by atoms with E-state index in [0.717, 1.165) is 30.5 Å². The Morgan fingerprint density at radius 3 is 2.32 bits per heavy atom. The number of ether oxygens (including phenoxy) is 1. The number of aliphatic hydroxyl groups is 1. The normalized spacial score (nSPS) is 16.9. The number of aryl methyl sites for hydroxylation is 2. The number of nitrogens with zero attached hydrogens (tertiary/aromatic N) is 2. The standard InChI is InChI=1S/C32H36N2O4/c1-5-23-10-12-25(13-11-23)29-28(31(36)32(37)34(29)19-7-18-33(3)4)30(35)26-14-16-27(17-15-26)38-21-24-9-6-8-22(2)20-24/h6,8-17,20,29,35H,5,7,18-19,21H2,1-4H3/b30-28+. The summed E-state index contributed by atoms with van der Waals surface area (Å²) in [4.78, 5) is 30.0. The van der Waals surface area contributed by atoms with Crippen molar-refractivity contribution in [1.82, 2.24) is 9.80 Å². The minimum absolute atomic E-state index is 0.123. The molecule has 1 aliphatic rings. The van der Waals surface area contributed by atoms with Crippen molar-refractivity contribution in [2.75, 3.05) is 27.2 Å². The van der Waals surface area contributed by atoms with Crippen molar-refractivity contribution in [3.63, 3.8) is 0 Å². The fourth-order valence-corrected chi connectivity index (χ4v) is 4.78. The van der Waals surface area contributed by atoms with Crippen molar-refractivity contribution in [3.05, 3.63) is 106 Å². The molecule has 0 radical (unpaired) electrons. The summed E-state index contributed by atoms with van der Waals surface area (Å²) < 4.78 is 5.91. The third-order valence-corrected chi connectivity index (χ3v) is 6.86. The van der Waals surface area contributed by atoms with Crippen LogP contribution in [0, 0.1) is 6.92 Å². The number of rotatable bonds is 10. The van der Waals surface area contributed by atoms with E-state index in [1.54, 1.807) is 29.2 Å². The van der Waals surface area contributed by atoms with Crippen LogP contribution in [0.25, 0.3) is 5.76 Å². The van der Waals surface area contributed by atoms with Gasteiger partial charge in [-0.05, 0) is 81.4 Å². The minimum atomic E-state index is -0.656. The quantitative estimate of drug-likeness (QED) is 0.220. The van der Waals surface area contributed by atoms with Gasteiger partial charge in [0.05, 0.1) is 11.6 Å². The van der Waals surface area contributed by atoms with Crippen LogP contribution in [-0.4, -0.2) is 53.8 Å². The topological polar surface area (TPSA) is 70.1 Å². The maximum atomic E-state index is 13.2. The molecule has 4 rings (SSSR count). The van der Waals surface area contributed by atoms with Crippen LogP contribution in [0.1, 0.15) is 47.2 Å². The highest BCUT2D eigenvalue weighted by molar-refractivity contribution is 6.46. The maximum Gasteiger partial charge on any atom is 0.295 e. The summed E-state index contributed by atoms with van der Waals surface area (Å²) in [5.74, 6) is -0.753. The fraction of sp³-hybridized carbons (Fsp3) is 0.312. The average molecular weight is 513 g/mol. The number of amides is 1. The van der Waals surface area contributed by atoms with Crippen LogP contribution in [0.2, 0.25) is 0 Å². The molecule has 1 atom stereocenters. The molecule has 1 N–H and O–H groups in total. The molecule has 0 aromatic heterocycles. The van der Waals surface area contributed by atoms with E-state index in [1.165, 1.54) is 11.1 Å². The lowest BCUT2D eigenvalue weighted by molar-refractivity contribution is -0.139. The lowest BCUT2D eigenvalue weighted by Gasteiger charge is -2.26. The van der Waals surface area contributed by atoms with Crippen LogP contribution in [0.3, 0.4) is 0 Å². The highest BCUT2D eigenvalue weighted by Gasteiger charge is 2.45. The molecule has 0 saturated carbocycles. The van der Waals surface area contributed by atoms with Gasteiger partial charge in [0.2, 0.25) is 0 Å². The van der Waals surface area contributed by atoms with Gasteiger partial charge in [-0.15, -0.1) is 0 Å². The smallest absolute Gasteiger partial charge is 0.295 e. The summed E-state index contributed by atoms with van der Waals surface area (Å²) in [7, 11) is 3.95. The van der Waals surface area contributed by atoms with Gasteiger partial charge in [-0.25, -0.2) is 0 Å². The Bertz CT molecular complexity index is 1310. The highest BCUT2D eigenvalue weighted by Crippen LogP contribution is 2.39. The molecule has 1 fully saturated rings. The van der Waals surface area contributed by atoms with E-state index in [2.05, 4.69) is 13.0 Å². The molecule has 38 heavy (non-hydrogen) atoms. The average Bonchev–Trinajstić information content (AvgIpc) is 3.17. The molecule has 198 valence electrons. The molecule has 6 heteroatoms. The first-order chi connectivity index (χ1) is 18.3. The van der Waals surface area contributed by atoms with Crippen LogP contribution in [-0.2, 0) is 22.6 Å². The summed E-state index contributed by atoms with van der Waals surface area (Å²) in [6, 6.07) is 22.4. The van der Waals surface area contributed by atoms with Crippen molar-refractivity contribution < 1.29 is 19.4 Å². The number of ketones is 1. The Morgan fingerprint density at radius 1 is 0.974 bits per heavy atom. The molecule has 6 nitrogen and oxygen atoms in total. The van der Waals surface area contributed by atoms with Crippen LogP contribution in [0.5, 0.6) is 5.75 Å². The summed E-state index contributed by atoms with van der Waals surface area (Å²) in [6.07, 6.45) is 1.61. The van der Waals surface area contributed by atoms with Crippen molar-refractivity contribution in [2.24, 2.45) is 0 Å². The van der Waals surface area contributed by atoms with E-state index in [1.807, 2.05) is 68.4 Å². The first kappa shape index (κ1) is 27.1. The number of Topliss-reactive ketones (excluding diaryl/α,β-unsaturated/α-hetero) is 1. The molecular formula is C32H36N2O4. The molecule has 0 aliphatic carbocycles. The molecule has 3 aromatic rings. The summed E-state index contributed by atoms with van der Waals surface area (Å²) in [5.41, 5.74) is 4.81. The molecule has 1 unspecified atom stereocenters. The van der Waals surface area contributed by atoms with Crippen LogP contribution in [0.4, 0.5) is 0 Å². The Hall–Kier alpha value is -3.90. The number of likely N-dealkylation sites (tertiary alicyclic amines) is 1. The second-order valence-electron chi connectivity index (χ2n) is 10.0. The molecule has 1 aliphatic heterocycles. The van der Waals surface area contributed by atoms with Crippen LogP contribution in [0.15, 0.2) is 78.4 Å². The van der Waals surface area contributed by atoms with Crippen LogP contribution < -0.4 is 4.74 Å². The monoisotopic (exact) mass is 512 g/mol. The number of hydrogen-bond donors (Lipinski definition) is 1. The van der Waals surface area contributed by atoms with Gasteiger partial charge in [-0.1, -0.05) is 61.0 Å². The third kappa shape index (κ3) is 6.14. The summed E-state index contributed by atoms with van der Waals surface area (Å²) in [5, 5.41) is 11.3. The van der Waals surface area contributed by atoms with E-state index in [0.29, 0.717) is 24.5 Å². The molecule has 1 saturated heterocycles. The van der Waals surface area contributed by atoms with E-state index in [-0.39, 0.29) is 11.3 Å². The zero-order valence-electron chi connectivity index (χ0n) is 22.6. The van der Waals surface area contributed by atoms with Gasteiger partial charge in [0, 0.05) is 12.1 Å². The van der Waals surface area contributed by atoms with Gasteiger partial charge in [-0.3, -0.25) is 9.59 Å². The van der Waals surface area contributed by atoms with Gasteiger partial charge in [-0.2, -0.15) is 0 Å². The van der Waals surface area contributed by atoms with E-state index in [9.17, 15) is 14.7 Å². The second-order valence-corrected chi connectivity index (χ2v) is 10.0. The Balaban J connectivity index is 1.63. The molecule has 0 bridgehead atoms. The Labute approximate surface area is 225 Å². The predicted molar refractivity (Wildman–Crippen MR) is 150 cm³/mol. The van der Waals surface area contributed by atoms with Crippen molar-refractivity contribution in [3.8, 4) is 5.75 Å². The predicted octanol–water partition coefficient (Wildman–Crippen LogP) is 5.51. The fourth-order valence-electron chi connectivity index (χ4n) is 4.78. The van der Waals surface area contributed by atoms with Gasteiger partial charge >= 0.3 is 0 Å². The SMILES string of the molecule is CCc1ccc(C2/C(=C(\O)c3ccc(OCc4cccc(C)c4)cc3)C(=O)C(=O)N2CCCN(C)C)cc1. The number of aliphatic hydroxyl groups excluding tert-OH is 1. The van der Waals surface area contributed by atoms with Gasteiger partial charge in [0.15, 0.2) is 0 Å². The maximum absolute atomic E-state index is 13.2. The van der Waals surface area contributed by atoms with Crippen molar-refractivity contribution in [2.45, 2.75) is 39.3 Å². The molecular weight excluding hydrogens is 476 g/mol. The van der Waals surface area contributed by atoms with E-state index < -0.39 is 17.7 Å². The molecule has 0 spiro atoms. The highest BCUT2D eigenvalue weighted by atomic mass is 16.5. The lowest BCUT2D eigenvalue weighted by Crippen LogP contribution is -2.32. The zero-order chi connectivity index (χ0) is 27.2. The minimum Gasteiger partial charge on any atom is -0.507 e. The van der Waals surface area contributed by atoms with Crippen molar-refractivity contribution >= 4 is 17.4 Å². The second kappa shape index (κ2) is 12.1. The van der Waals surface area contributed by atoms with Crippen LogP contribution >= 0.6 is 0 Å². The Kier molecular flexibility index (Phi) is 8.64. The molecule has 3 aromatic carbocycles. The van der Waals surface area contributed by atoms with Gasteiger partial charge in [0.25, 0.3) is 11.7 Å². The number of hydrogen-bond acceptors (Lipinski definition) is 5. The number of benzene rings is 3. The van der Waals surface area contributed by atoms with E-state index >= 15 is 0 Å². The Morgan fingerprint density at radius 2 is 1.68 bits per heavy atom. The van der Waals surface area contributed by atoms with Crippen molar-refractivity contribution in [1.29, 1.82) is 0 Å². The first-order valence-electron chi connectivity index (χ1n) is 13.1. The largest absolute Gasteiger partial charge is 0.507 e.